The van der Waals surface area contributed by atoms with Crippen molar-refractivity contribution in [2.75, 3.05) is 0 Å². The van der Waals surface area contributed by atoms with Crippen molar-refractivity contribution in [3.8, 4) is 0 Å². The molecule has 2 saturated carbocycles. The van der Waals surface area contributed by atoms with E-state index in [0.717, 1.165) is 18.3 Å². The molecule has 0 aromatic rings. The number of ether oxygens (including phenoxy) is 2. The van der Waals surface area contributed by atoms with Crippen molar-refractivity contribution < 1.29 is 28.7 Å². The van der Waals surface area contributed by atoms with Gasteiger partial charge in [-0.1, -0.05) is 30.2 Å². The highest BCUT2D eigenvalue weighted by atomic mass is 16.5. The van der Waals surface area contributed by atoms with Crippen molar-refractivity contribution in [2.24, 2.45) is 29.6 Å². The third kappa shape index (κ3) is 5.46. The molecule has 7 atom stereocenters. The Labute approximate surface area is 179 Å². The first-order valence-electron chi connectivity index (χ1n) is 10.7. The third-order valence-electron chi connectivity index (χ3n) is 6.51. The molecule has 0 radical (unpaired) electrons. The minimum Gasteiger partial charge on any atom is -0.462 e. The summed E-state index contributed by atoms with van der Waals surface area (Å²) in [6.45, 7) is 10.7. The van der Waals surface area contributed by atoms with E-state index in [1.54, 1.807) is 0 Å². The maximum absolute atomic E-state index is 13.0. The molecule has 0 aromatic carbocycles. The summed E-state index contributed by atoms with van der Waals surface area (Å²) < 4.78 is 10.9. The van der Waals surface area contributed by atoms with Crippen LogP contribution in [-0.2, 0) is 28.7 Å². The highest BCUT2D eigenvalue weighted by Gasteiger charge is 2.55. The number of carbonyl (C=O) groups is 4. The summed E-state index contributed by atoms with van der Waals surface area (Å²) in [5.41, 5.74) is 2.31. The molecule has 0 bridgehead atoms. The van der Waals surface area contributed by atoms with Crippen molar-refractivity contribution in [2.45, 2.75) is 73.0 Å². The molecule has 2 fully saturated rings. The van der Waals surface area contributed by atoms with Gasteiger partial charge in [-0.25, -0.2) is 0 Å². The Morgan fingerprint density at radius 2 is 1.60 bits per heavy atom. The Kier molecular flexibility index (Phi) is 8.16. The largest absolute Gasteiger partial charge is 0.462 e. The number of aldehydes is 1. The van der Waals surface area contributed by atoms with E-state index < -0.39 is 36.0 Å². The van der Waals surface area contributed by atoms with Crippen LogP contribution in [0.5, 0.6) is 0 Å². The van der Waals surface area contributed by atoms with E-state index in [9.17, 15) is 19.2 Å². The molecule has 6 heteroatoms. The minimum absolute atomic E-state index is 0.0103. The van der Waals surface area contributed by atoms with E-state index in [2.05, 4.69) is 12.2 Å². The monoisotopic (exact) mass is 418 g/mol. The van der Waals surface area contributed by atoms with Gasteiger partial charge in [0.05, 0.1) is 5.92 Å². The van der Waals surface area contributed by atoms with Crippen LogP contribution in [0.2, 0.25) is 0 Å². The maximum Gasteiger partial charge on any atom is 0.302 e. The number of ketones is 1. The average Bonchev–Trinajstić information content (AvgIpc) is 3.10. The van der Waals surface area contributed by atoms with Crippen molar-refractivity contribution in [3.63, 3.8) is 0 Å². The van der Waals surface area contributed by atoms with Crippen LogP contribution in [0.3, 0.4) is 0 Å². The minimum atomic E-state index is -0.557. The van der Waals surface area contributed by atoms with Crippen LogP contribution in [0.25, 0.3) is 0 Å². The molecule has 0 saturated heterocycles. The second kappa shape index (κ2) is 10.2. The SMILES string of the molecule is CC(=O)O[C@H]1CC(=O)[C@H]([C@H]2[C@H](C=O)[C@H](OC(C)=O)C[C@H]2/C(C)=C/CC=C(C)C)[C@@H]1C. The lowest BCUT2D eigenvalue weighted by Gasteiger charge is -2.31. The fourth-order valence-corrected chi connectivity index (χ4v) is 5.18. The predicted octanol–water partition coefficient (Wildman–Crippen LogP) is 3.83. The van der Waals surface area contributed by atoms with E-state index in [1.807, 2.05) is 27.7 Å². The normalized spacial score (nSPS) is 33.9. The molecule has 0 amide bonds. The van der Waals surface area contributed by atoms with Crippen LogP contribution in [-0.4, -0.2) is 36.2 Å². The van der Waals surface area contributed by atoms with Crippen LogP contribution >= 0.6 is 0 Å². The number of hydrogen-bond donors (Lipinski definition) is 0. The standard InChI is InChI=1S/C24H34O6/c1-13(2)8-7-9-14(3)18-10-22(30-17(6)27)19(12-25)24(18)23-15(4)21(11-20(23)28)29-16(5)26/h8-9,12,15,18-19,21-24H,7,10-11H2,1-6H3/b14-9+/t15-,18+,19-,21+,22-,23-,24-/m1/s1. The molecule has 0 unspecified atom stereocenters. The summed E-state index contributed by atoms with van der Waals surface area (Å²) in [7, 11) is 0. The lowest BCUT2D eigenvalue weighted by molar-refractivity contribution is -0.151. The van der Waals surface area contributed by atoms with Gasteiger partial charge >= 0.3 is 11.9 Å². The number of hydrogen-bond acceptors (Lipinski definition) is 6. The molecule has 166 valence electrons. The number of carbonyl (C=O) groups excluding carboxylic acids is 4. The van der Waals surface area contributed by atoms with Gasteiger partial charge in [0, 0.05) is 32.1 Å². The number of Topliss-reactive ketones (excluding diaryl/α,β-unsaturated/α-hetero) is 1. The van der Waals surface area contributed by atoms with Crippen molar-refractivity contribution >= 4 is 24.0 Å². The zero-order chi connectivity index (χ0) is 22.6. The highest BCUT2D eigenvalue weighted by molar-refractivity contribution is 5.86. The second-order valence-electron chi connectivity index (χ2n) is 8.95. The quantitative estimate of drug-likeness (QED) is 0.355. The smallest absolute Gasteiger partial charge is 0.302 e. The fourth-order valence-electron chi connectivity index (χ4n) is 5.18. The molecule has 0 aliphatic heterocycles. The molecule has 2 rings (SSSR count). The topological polar surface area (TPSA) is 86.7 Å². The summed E-state index contributed by atoms with van der Waals surface area (Å²) in [5, 5.41) is 0. The Bertz CT molecular complexity index is 745. The number of rotatable bonds is 7. The van der Waals surface area contributed by atoms with Gasteiger partial charge < -0.3 is 14.3 Å². The zero-order valence-electron chi connectivity index (χ0n) is 18.8. The van der Waals surface area contributed by atoms with Crippen molar-refractivity contribution in [3.05, 3.63) is 23.3 Å². The number of allylic oxidation sites excluding steroid dienone is 4. The van der Waals surface area contributed by atoms with Crippen LogP contribution in [0.1, 0.15) is 60.8 Å². The first-order chi connectivity index (χ1) is 14.1. The van der Waals surface area contributed by atoms with E-state index in [0.29, 0.717) is 6.42 Å². The summed E-state index contributed by atoms with van der Waals surface area (Å²) >= 11 is 0. The van der Waals surface area contributed by atoms with Crippen molar-refractivity contribution in [1.29, 1.82) is 0 Å². The molecular weight excluding hydrogens is 384 g/mol. The Balaban J connectivity index is 2.39. The van der Waals surface area contributed by atoms with Gasteiger partial charge in [0.1, 0.15) is 24.3 Å². The summed E-state index contributed by atoms with van der Waals surface area (Å²) in [4.78, 5) is 48.2. The molecular formula is C24H34O6. The van der Waals surface area contributed by atoms with E-state index in [4.69, 9.17) is 9.47 Å². The van der Waals surface area contributed by atoms with Gasteiger partial charge in [-0.2, -0.15) is 0 Å². The van der Waals surface area contributed by atoms with Gasteiger partial charge in [0.2, 0.25) is 0 Å². The molecule has 2 aliphatic carbocycles. The average molecular weight is 419 g/mol. The molecule has 2 aliphatic rings. The van der Waals surface area contributed by atoms with Crippen LogP contribution < -0.4 is 0 Å². The van der Waals surface area contributed by atoms with Crippen LogP contribution in [0.15, 0.2) is 23.3 Å². The first kappa shape index (κ1) is 24.0. The lowest BCUT2D eigenvalue weighted by Crippen LogP contribution is -2.36. The summed E-state index contributed by atoms with van der Waals surface area (Å²) in [6.07, 6.45) is 5.50. The Morgan fingerprint density at radius 1 is 1.00 bits per heavy atom. The molecule has 30 heavy (non-hydrogen) atoms. The fraction of sp³-hybridized carbons (Fsp3) is 0.667. The molecule has 0 N–H and O–H groups in total. The third-order valence-corrected chi connectivity index (χ3v) is 6.51. The maximum atomic E-state index is 13.0. The molecule has 0 aromatic heterocycles. The highest BCUT2D eigenvalue weighted by Crippen LogP contribution is 2.51. The van der Waals surface area contributed by atoms with Gasteiger partial charge in [-0.15, -0.1) is 0 Å². The first-order valence-corrected chi connectivity index (χ1v) is 10.7. The lowest BCUT2D eigenvalue weighted by atomic mass is 9.72. The van der Waals surface area contributed by atoms with E-state index >= 15 is 0 Å². The molecule has 6 nitrogen and oxygen atoms in total. The Morgan fingerprint density at radius 3 is 2.13 bits per heavy atom. The second-order valence-corrected chi connectivity index (χ2v) is 8.95. The van der Waals surface area contributed by atoms with Gasteiger partial charge in [0.25, 0.3) is 0 Å². The molecule has 0 heterocycles. The Hall–Kier alpha value is -2.24. The van der Waals surface area contributed by atoms with E-state index in [1.165, 1.54) is 19.4 Å². The zero-order valence-corrected chi connectivity index (χ0v) is 18.8. The van der Waals surface area contributed by atoms with Crippen LogP contribution in [0.4, 0.5) is 0 Å². The van der Waals surface area contributed by atoms with E-state index in [-0.39, 0.29) is 30.0 Å². The predicted molar refractivity (Wildman–Crippen MR) is 112 cm³/mol. The van der Waals surface area contributed by atoms with Crippen LogP contribution in [0, 0.1) is 29.6 Å². The van der Waals surface area contributed by atoms with Crippen molar-refractivity contribution in [1.82, 2.24) is 0 Å². The summed E-state index contributed by atoms with van der Waals surface area (Å²) in [6, 6.07) is 0. The summed E-state index contributed by atoms with van der Waals surface area (Å²) in [5.74, 6) is -2.33. The van der Waals surface area contributed by atoms with Gasteiger partial charge in [0.15, 0.2) is 0 Å². The van der Waals surface area contributed by atoms with Gasteiger partial charge in [-0.05, 0) is 45.4 Å². The molecule has 0 spiro atoms. The number of esters is 2. The van der Waals surface area contributed by atoms with Gasteiger partial charge in [-0.3, -0.25) is 14.4 Å².